The van der Waals surface area contributed by atoms with E-state index in [0.717, 1.165) is 38.5 Å². The third-order valence-corrected chi connectivity index (χ3v) is 6.48. The van der Waals surface area contributed by atoms with Crippen molar-refractivity contribution in [1.82, 2.24) is 0 Å². The van der Waals surface area contributed by atoms with E-state index in [4.69, 9.17) is 0 Å². The molecule has 0 spiro atoms. The van der Waals surface area contributed by atoms with Gasteiger partial charge in [0.2, 0.25) is 0 Å². The molecule has 0 fully saturated rings. The molecule has 0 unspecified atom stereocenters. The molecule has 0 aliphatic heterocycles. The molecule has 0 amide bonds. The van der Waals surface area contributed by atoms with Crippen LogP contribution >= 0.6 is 0 Å². The maximum absolute atomic E-state index is 10.9. The zero-order valence-corrected chi connectivity index (χ0v) is 21.4. The SMILES string of the molecule is CCCCCC(=C(O)[C@@H](O)[C@@H](O)[C@H](O)[C@@H](O)C(O)=C(CCCCC)c1ccccc1)c1ccccc1. The number of aliphatic hydroxyl groups is 6. The average Bonchev–Trinajstić information content (AvgIpc) is 2.92. The van der Waals surface area contributed by atoms with Crippen LogP contribution in [0.2, 0.25) is 0 Å². The number of hydrogen-bond donors (Lipinski definition) is 6. The highest BCUT2D eigenvalue weighted by Crippen LogP contribution is 2.30. The number of unbranched alkanes of at least 4 members (excludes halogenated alkanes) is 4. The van der Waals surface area contributed by atoms with E-state index in [2.05, 4.69) is 13.8 Å². The summed E-state index contributed by atoms with van der Waals surface area (Å²) in [6.45, 7) is 4.13. The highest BCUT2D eigenvalue weighted by atomic mass is 16.4. The average molecular weight is 499 g/mol. The van der Waals surface area contributed by atoms with Crippen molar-refractivity contribution >= 4 is 11.1 Å². The maximum atomic E-state index is 10.9. The Balaban J connectivity index is 2.32. The number of hydrogen-bond acceptors (Lipinski definition) is 6. The molecule has 6 heteroatoms. The van der Waals surface area contributed by atoms with Gasteiger partial charge in [-0.25, -0.2) is 0 Å². The second-order valence-corrected chi connectivity index (χ2v) is 9.24. The Morgan fingerprint density at radius 1 is 0.556 bits per heavy atom. The largest absolute Gasteiger partial charge is 0.509 e. The molecule has 2 rings (SSSR count). The zero-order chi connectivity index (χ0) is 26.5. The Bertz CT molecular complexity index is 874. The summed E-state index contributed by atoms with van der Waals surface area (Å²) < 4.78 is 0. The monoisotopic (exact) mass is 498 g/mol. The zero-order valence-electron chi connectivity index (χ0n) is 21.4. The Kier molecular flexibility index (Phi) is 12.7. The molecule has 36 heavy (non-hydrogen) atoms. The van der Waals surface area contributed by atoms with Crippen LogP contribution in [0.3, 0.4) is 0 Å². The van der Waals surface area contributed by atoms with Crippen LogP contribution in [0.4, 0.5) is 0 Å². The molecule has 198 valence electrons. The van der Waals surface area contributed by atoms with Crippen LogP contribution in [-0.4, -0.2) is 55.1 Å². The normalized spacial score (nSPS) is 16.5. The van der Waals surface area contributed by atoms with Crippen LogP contribution in [0.5, 0.6) is 0 Å². The predicted molar refractivity (Wildman–Crippen MR) is 144 cm³/mol. The molecule has 0 radical (unpaired) electrons. The molecular formula is C30H42O6. The first kappa shape index (κ1) is 29.6. The lowest BCUT2D eigenvalue weighted by atomic mass is 9.91. The summed E-state index contributed by atoms with van der Waals surface area (Å²) in [4.78, 5) is 0. The standard InChI is InChI=1S/C30H42O6/c1-3-5-9-19-23(21-15-11-7-12-16-21)25(31)27(33)29(35)30(36)28(34)26(32)24(20-10-6-4-2)22-17-13-8-14-18-22/h7-8,11-18,27-36H,3-6,9-10,19-20H2,1-2H3/t27-,28+,29-,30-/m1/s1. The molecule has 0 aliphatic carbocycles. The van der Waals surface area contributed by atoms with Gasteiger partial charge < -0.3 is 30.6 Å². The van der Waals surface area contributed by atoms with E-state index in [1.165, 1.54) is 0 Å². The molecule has 0 saturated heterocycles. The fourth-order valence-corrected chi connectivity index (χ4v) is 4.28. The fraction of sp³-hybridized carbons (Fsp3) is 0.467. The van der Waals surface area contributed by atoms with Gasteiger partial charge in [0.15, 0.2) is 0 Å². The molecule has 2 aromatic carbocycles. The number of benzene rings is 2. The Morgan fingerprint density at radius 2 is 0.889 bits per heavy atom. The Morgan fingerprint density at radius 3 is 1.19 bits per heavy atom. The minimum Gasteiger partial charge on any atom is -0.509 e. The van der Waals surface area contributed by atoms with Gasteiger partial charge in [-0.3, -0.25) is 0 Å². The Labute approximate surface area is 214 Å². The van der Waals surface area contributed by atoms with E-state index >= 15 is 0 Å². The summed E-state index contributed by atoms with van der Waals surface area (Å²) in [5.41, 5.74) is 2.36. The second-order valence-electron chi connectivity index (χ2n) is 9.24. The lowest BCUT2D eigenvalue weighted by Gasteiger charge is -2.28. The molecule has 0 heterocycles. The lowest BCUT2D eigenvalue weighted by molar-refractivity contribution is -0.100. The molecule has 0 aliphatic rings. The van der Waals surface area contributed by atoms with Crippen molar-refractivity contribution in [2.75, 3.05) is 0 Å². The van der Waals surface area contributed by atoms with Crippen LogP contribution in [0, 0.1) is 0 Å². The molecule has 2 aromatic rings. The number of aliphatic hydroxyl groups excluding tert-OH is 6. The highest BCUT2D eigenvalue weighted by molar-refractivity contribution is 5.69. The van der Waals surface area contributed by atoms with Crippen molar-refractivity contribution in [3.8, 4) is 0 Å². The van der Waals surface area contributed by atoms with Crippen molar-refractivity contribution in [3.05, 3.63) is 83.3 Å². The van der Waals surface area contributed by atoms with Crippen molar-refractivity contribution in [3.63, 3.8) is 0 Å². The third-order valence-electron chi connectivity index (χ3n) is 6.48. The van der Waals surface area contributed by atoms with Crippen LogP contribution in [-0.2, 0) is 0 Å². The first-order valence-corrected chi connectivity index (χ1v) is 13.0. The van der Waals surface area contributed by atoms with Crippen molar-refractivity contribution < 1.29 is 30.6 Å². The van der Waals surface area contributed by atoms with Gasteiger partial charge in [-0.2, -0.15) is 0 Å². The molecule has 0 saturated carbocycles. The van der Waals surface area contributed by atoms with Gasteiger partial charge in [0, 0.05) is 0 Å². The highest BCUT2D eigenvalue weighted by Gasteiger charge is 2.36. The molecule has 6 nitrogen and oxygen atoms in total. The minimum atomic E-state index is -1.93. The second kappa shape index (κ2) is 15.5. The van der Waals surface area contributed by atoms with Crippen LogP contribution in [0.1, 0.15) is 76.3 Å². The third kappa shape index (κ3) is 8.20. The minimum absolute atomic E-state index is 0.453. The fourth-order valence-electron chi connectivity index (χ4n) is 4.28. The van der Waals surface area contributed by atoms with E-state index in [1.807, 2.05) is 36.4 Å². The van der Waals surface area contributed by atoms with Gasteiger partial charge in [0.25, 0.3) is 0 Å². The van der Waals surface area contributed by atoms with E-state index in [0.29, 0.717) is 35.1 Å². The van der Waals surface area contributed by atoms with Crippen LogP contribution < -0.4 is 0 Å². The Hall–Kier alpha value is -2.64. The number of rotatable bonds is 15. The topological polar surface area (TPSA) is 121 Å². The quantitative estimate of drug-likeness (QED) is 0.142. The first-order valence-electron chi connectivity index (χ1n) is 13.0. The smallest absolute Gasteiger partial charge is 0.139 e. The van der Waals surface area contributed by atoms with Crippen LogP contribution in [0.15, 0.2) is 72.2 Å². The van der Waals surface area contributed by atoms with E-state index in [1.54, 1.807) is 24.3 Å². The molecular weight excluding hydrogens is 456 g/mol. The van der Waals surface area contributed by atoms with E-state index < -0.39 is 35.9 Å². The van der Waals surface area contributed by atoms with Crippen molar-refractivity contribution in [2.45, 2.75) is 89.6 Å². The summed E-state index contributed by atoms with van der Waals surface area (Å²) in [6.07, 6.45) is -1.22. The lowest BCUT2D eigenvalue weighted by Crippen LogP contribution is -2.46. The summed E-state index contributed by atoms with van der Waals surface area (Å²) in [5, 5.41) is 64.8. The van der Waals surface area contributed by atoms with Gasteiger partial charge in [-0.1, -0.05) is 100 Å². The summed E-state index contributed by atoms with van der Waals surface area (Å²) >= 11 is 0. The van der Waals surface area contributed by atoms with Gasteiger partial charge in [0.05, 0.1) is 0 Å². The van der Waals surface area contributed by atoms with Crippen molar-refractivity contribution in [2.24, 2.45) is 0 Å². The van der Waals surface area contributed by atoms with Crippen LogP contribution in [0.25, 0.3) is 11.1 Å². The van der Waals surface area contributed by atoms with Gasteiger partial charge in [-0.15, -0.1) is 0 Å². The molecule has 0 bridgehead atoms. The van der Waals surface area contributed by atoms with Gasteiger partial charge in [-0.05, 0) is 48.0 Å². The van der Waals surface area contributed by atoms with E-state index in [9.17, 15) is 30.6 Å². The van der Waals surface area contributed by atoms with E-state index in [-0.39, 0.29) is 0 Å². The molecule has 6 N–H and O–H groups in total. The predicted octanol–water partition coefficient (Wildman–Crippen LogP) is 5.53. The maximum Gasteiger partial charge on any atom is 0.139 e. The van der Waals surface area contributed by atoms with Crippen molar-refractivity contribution in [1.29, 1.82) is 0 Å². The number of allylic oxidation sites excluding steroid dienone is 2. The molecule has 4 atom stereocenters. The van der Waals surface area contributed by atoms with Gasteiger partial charge in [0.1, 0.15) is 35.9 Å². The molecule has 0 aromatic heterocycles. The summed E-state index contributed by atoms with van der Waals surface area (Å²) in [6, 6.07) is 18.2. The van der Waals surface area contributed by atoms with Gasteiger partial charge >= 0.3 is 0 Å². The summed E-state index contributed by atoms with van der Waals surface area (Å²) in [7, 11) is 0. The first-order chi connectivity index (χ1) is 17.3. The summed E-state index contributed by atoms with van der Waals surface area (Å²) in [5.74, 6) is -0.906.